The fraction of sp³-hybridized carbons (Fsp3) is 0.333. The van der Waals surface area contributed by atoms with E-state index < -0.39 is 6.10 Å². The summed E-state index contributed by atoms with van der Waals surface area (Å²) < 4.78 is 5.43. The molecule has 0 aliphatic heterocycles. The van der Waals surface area contributed by atoms with Crippen LogP contribution in [0.25, 0.3) is 0 Å². The first-order valence-electron chi connectivity index (χ1n) is 4.88. The van der Waals surface area contributed by atoms with Crippen LogP contribution >= 0.6 is 11.6 Å². The first kappa shape index (κ1) is 12.1. The van der Waals surface area contributed by atoms with Gasteiger partial charge in [0.1, 0.15) is 12.4 Å². The van der Waals surface area contributed by atoms with Crippen LogP contribution in [-0.4, -0.2) is 11.7 Å². The first-order chi connectivity index (χ1) is 7.15. The molecule has 0 saturated carbocycles. The quantitative estimate of drug-likeness (QED) is 0.835. The highest BCUT2D eigenvalue weighted by molar-refractivity contribution is 6.29. The Morgan fingerprint density at radius 1 is 1.53 bits per heavy atom. The fourth-order valence-corrected chi connectivity index (χ4v) is 1.32. The molecule has 0 aliphatic carbocycles. The predicted octanol–water partition coefficient (Wildman–Crippen LogP) is 3.26. The number of aliphatic hydroxyl groups excluding tert-OH is 1. The minimum absolute atomic E-state index is 0.259. The molecule has 0 unspecified atom stereocenters. The van der Waals surface area contributed by atoms with Gasteiger partial charge < -0.3 is 9.84 Å². The van der Waals surface area contributed by atoms with Gasteiger partial charge in [-0.05, 0) is 12.5 Å². The van der Waals surface area contributed by atoms with Gasteiger partial charge in [-0.25, -0.2) is 0 Å². The van der Waals surface area contributed by atoms with Crippen molar-refractivity contribution in [2.24, 2.45) is 0 Å². The maximum absolute atomic E-state index is 9.74. The normalized spacial score (nSPS) is 12.2. The largest absolute Gasteiger partial charge is 0.488 e. The predicted molar refractivity (Wildman–Crippen MR) is 62.2 cm³/mol. The summed E-state index contributed by atoms with van der Waals surface area (Å²) in [6.45, 7) is 5.72. The van der Waals surface area contributed by atoms with Gasteiger partial charge in [0.05, 0.1) is 6.10 Å². The minimum atomic E-state index is -0.496. The van der Waals surface area contributed by atoms with Crippen molar-refractivity contribution < 1.29 is 9.84 Å². The Kier molecular flexibility index (Phi) is 4.66. The molecule has 15 heavy (non-hydrogen) atoms. The maximum atomic E-state index is 9.74. The molecule has 82 valence electrons. The Morgan fingerprint density at radius 3 is 2.80 bits per heavy atom. The van der Waals surface area contributed by atoms with Crippen molar-refractivity contribution in [3.05, 3.63) is 41.4 Å². The van der Waals surface area contributed by atoms with Crippen LogP contribution in [0.1, 0.15) is 25.0 Å². The van der Waals surface area contributed by atoms with Crippen LogP contribution in [0.2, 0.25) is 0 Å². The average molecular weight is 227 g/mol. The van der Waals surface area contributed by atoms with Crippen molar-refractivity contribution in [2.45, 2.75) is 19.4 Å². The standard InChI is InChI=1S/C12H15ClO2/c1-3-11(14)10-6-4-5-7-12(10)15-8-9(2)13/h4-7,11,14H,2-3,8H2,1H3/t11-/m1/s1. The number of para-hydroxylation sites is 1. The van der Waals surface area contributed by atoms with E-state index in [-0.39, 0.29) is 6.61 Å². The maximum Gasteiger partial charge on any atom is 0.125 e. The molecule has 1 N–H and O–H groups in total. The molecule has 0 aromatic heterocycles. The van der Waals surface area contributed by atoms with Crippen LogP contribution in [0, 0.1) is 0 Å². The molecule has 1 rings (SSSR count). The van der Waals surface area contributed by atoms with Crippen molar-refractivity contribution >= 4 is 11.6 Å². The second-order valence-electron chi connectivity index (χ2n) is 3.27. The second-order valence-corrected chi connectivity index (χ2v) is 3.80. The highest BCUT2D eigenvalue weighted by Crippen LogP contribution is 2.27. The third-order valence-corrected chi connectivity index (χ3v) is 2.16. The smallest absolute Gasteiger partial charge is 0.125 e. The van der Waals surface area contributed by atoms with E-state index in [0.717, 1.165) is 5.56 Å². The summed E-state index contributed by atoms with van der Waals surface area (Å²) in [4.78, 5) is 0. The molecule has 0 bridgehead atoms. The molecule has 0 spiro atoms. The Morgan fingerprint density at radius 2 is 2.20 bits per heavy atom. The lowest BCUT2D eigenvalue weighted by Gasteiger charge is -2.14. The third-order valence-electron chi connectivity index (χ3n) is 2.05. The summed E-state index contributed by atoms with van der Waals surface area (Å²) in [6, 6.07) is 7.39. The van der Waals surface area contributed by atoms with Gasteiger partial charge in [0, 0.05) is 10.6 Å². The summed E-state index contributed by atoms with van der Waals surface area (Å²) in [6.07, 6.45) is 0.159. The number of hydrogen-bond acceptors (Lipinski definition) is 2. The zero-order valence-corrected chi connectivity index (χ0v) is 9.50. The van der Waals surface area contributed by atoms with E-state index in [1.165, 1.54) is 0 Å². The van der Waals surface area contributed by atoms with E-state index in [1.807, 2.05) is 31.2 Å². The van der Waals surface area contributed by atoms with Gasteiger partial charge in [-0.2, -0.15) is 0 Å². The monoisotopic (exact) mass is 226 g/mol. The van der Waals surface area contributed by atoms with Gasteiger partial charge in [-0.1, -0.05) is 43.3 Å². The highest BCUT2D eigenvalue weighted by Gasteiger charge is 2.10. The summed E-state index contributed by atoms with van der Waals surface area (Å²) in [7, 11) is 0. The van der Waals surface area contributed by atoms with E-state index in [1.54, 1.807) is 0 Å². The van der Waals surface area contributed by atoms with E-state index >= 15 is 0 Å². The molecule has 2 nitrogen and oxygen atoms in total. The van der Waals surface area contributed by atoms with E-state index in [4.69, 9.17) is 16.3 Å². The van der Waals surface area contributed by atoms with E-state index in [2.05, 4.69) is 6.58 Å². The minimum Gasteiger partial charge on any atom is -0.488 e. The molecule has 1 aromatic rings. The highest BCUT2D eigenvalue weighted by atomic mass is 35.5. The lowest BCUT2D eigenvalue weighted by molar-refractivity contribution is 0.168. The fourth-order valence-electron chi connectivity index (χ4n) is 1.26. The molecule has 1 atom stereocenters. The topological polar surface area (TPSA) is 29.5 Å². The SMILES string of the molecule is C=C(Cl)COc1ccccc1[C@H](O)CC. The number of benzene rings is 1. The van der Waals surface area contributed by atoms with Gasteiger partial charge in [0.15, 0.2) is 0 Å². The van der Waals surface area contributed by atoms with Crippen LogP contribution in [-0.2, 0) is 0 Å². The van der Waals surface area contributed by atoms with Crippen molar-refractivity contribution in [1.29, 1.82) is 0 Å². The Labute approximate surface area is 95.1 Å². The van der Waals surface area contributed by atoms with Crippen molar-refractivity contribution in [2.75, 3.05) is 6.61 Å². The molecule has 0 aliphatic rings. The average Bonchev–Trinajstić information content (AvgIpc) is 2.25. The number of aliphatic hydroxyl groups is 1. The zero-order valence-electron chi connectivity index (χ0n) is 8.74. The third kappa shape index (κ3) is 3.57. The van der Waals surface area contributed by atoms with Crippen molar-refractivity contribution in [1.82, 2.24) is 0 Å². The van der Waals surface area contributed by atoms with Crippen LogP contribution in [0.15, 0.2) is 35.9 Å². The van der Waals surface area contributed by atoms with Crippen LogP contribution in [0.3, 0.4) is 0 Å². The summed E-state index contributed by atoms with van der Waals surface area (Å²) >= 11 is 5.61. The summed E-state index contributed by atoms with van der Waals surface area (Å²) in [5.74, 6) is 0.661. The van der Waals surface area contributed by atoms with Gasteiger partial charge in [0.25, 0.3) is 0 Å². The van der Waals surface area contributed by atoms with Crippen LogP contribution in [0.5, 0.6) is 5.75 Å². The Hall–Kier alpha value is -0.990. The molecule has 1 aromatic carbocycles. The van der Waals surface area contributed by atoms with Crippen molar-refractivity contribution in [3.8, 4) is 5.75 Å². The molecular weight excluding hydrogens is 212 g/mol. The molecule has 0 fully saturated rings. The van der Waals surface area contributed by atoms with Gasteiger partial charge in [0.2, 0.25) is 0 Å². The number of halogens is 1. The van der Waals surface area contributed by atoms with Gasteiger partial charge in [-0.15, -0.1) is 0 Å². The molecular formula is C12H15ClO2. The van der Waals surface area contributed by atoms with Crippen LogP contribution < -0.4 is 4.74 Å². The number of hydrogen-bond donors (Lipinski definition) is 1. The molecule has 0 heterocycles. The lowest BCUT2D eigenvalue weighted by Crippen LogP contribution is -2.03. The van der Waals surface area contributed by atoms with Gasteiger partial charge >= 0.3 is 0 Å². The summed E-state index contributed by atoms with van der Waals surface area (Å²) in [5.41, 5.74) is 0.790. The van der Waals surface area contributed by atoms with E-state index in [0.29, 0.717) is 17.2 Å². The molecule has 0 radical (unpaired) electrons. The lowest BCUT2D eigenvalue weighted by atomic mass is 10.1. The summed E-state index contributed by atoms with van der Waals surface area (Å²) in [5, 5.41) is 10.2. The van der Waals surface area contributed by atoms with E-state index in [9.17, 15) is 5.11 Å². The van der Waals surface area contributed by atoms with Crippen molar-refractivity contribution in [3.63, 3.8) is 0 Å². The first-order valence-corrected chi connectivity index (χ1v) is 5.26. The molecule has 3 heteroatoms. The second kappa shape index (κ2) is 5.79. The zero-order chi connectivity index (χ0) is 11.3. The van der Waals surface area contributed by atoms with Gasteiger partial charge in [-0.3, -0.25) is 0 Å². The molecule has 0 amide bonds. The number of rotatable bonds is 5. The van der Waals surface area contributed by atoms with Crippen LogP contribution in [0.4, 0.5) is 0 Å². The Bertz CT molecular complexity index is 336. The number of ether oxygens (including phenoxy) is 1. The Balaban J connectivity index is 2.81. The molecule has 0 saturated heterocycles.